The number of carbonyl (C=O) groups excluding carboxylic acids is 1. The Hall–Kier alpha value is -2.39. The van der Waals surface area contributed by atoms with Crippen molar-refractivity contribution in [2.75, 3.05) is 11.1 Å². The van der Waals surface area contributed by atoms with Crippen molar-refractivity contribution in [1.82, 2.24) is 10.3 Å². The molecule has 0 aliphatic rings. The summed E-state index contributed by atoms with van der Waals surface area (Å²) < 4.78 is 6.79. The molecule has 4 rings (SSSR count). The van der Waals surface area contributed by atoms with Crippen LogP contribution in [0, 0.1) is 0 Å². The number of carbonyl (C=O) groups is 1. The standard InChI is InChI=1S/C22H15BrClN3O2S2/c23-14-3-1-2-13(10-14)21-26-18-11-16(6-9-19(18)29-21)25-22(30)27-20(28)12-31-17-7-4-15(24)5-8-17/h1-11H,12H2,(H2,25,27,28,30). The first-order chi connectivity index (χ1) is 15.0. The molecule has 0 radical (unpaired) electrons. The van der Waals surface area contributed by atoms with Gasteiger partial charge >= 0.3 is 0 Å². The van der Waals surface area contributed by atoms with Crippen LogP contribution in [0.25, 0.3) is 22.6 Å². The van der Waals surface area contributed by atoms with Crippen molar-refractivity contribution < 1.29 is 9.21 Å². The Morgan fingerprint density at radius 3 is 2.71 bits per heavy atom. The van der Waals surface area contributed by atoms with Gasteiger partial charge in [0.2, 0.25) is 11.8 Å². The van der Waals surface area contributed by atoms with Gasteiger partial charge in [0, 0.05) is 25.6 Å². The highest BCUT2D eigenvalue weighted by Crippen LogP contribution is 2.28. The molecular formula is C22H15BrClN3O2S2. The Morgan fingerprint density at radius 2 is 1.94 bits per heavy atom. The Bertz CT molecular complexity index is 1260. The maximum Gasteiger partial charge on any atom is 0.236 e. The van der Waals surface area contributed by atoms with Crippen molar-refractivity contribution in [3.05, 3.63) is 76.2 Å². The van der Waals surface area contributed by atoms with Gasteiger partial charge in [0.15, 0.2) is 10.7 Å². The van der Waals surface area contributed by atoms with E-state index in [0.717, 1.165) is 14.9 Å². The van der Waals surface area contributed by atoms with E-state index in [9.17, 15) is 4.79 Å². The lowest BCUT2D eigenvalue weighted by atomic mass is 10.2. The highest BCUT2D eigenvalue weighted by Gasteiger charge is 2.11. The number of oxazole rings is 1. The van der Waals surface area contributed by atoms with E-state index in [-0.39, 0.29) is 16.8 Å². The summed E-state index contributed by atoms with van der Waals surface area (Å²) in [7, 11) is 0. The van der Waals surface area contributed by atoms with Gasteiger partial charge < -0.3 is 15.1 Å². The first-order valence-corrected chi connectivity index (χ1v) is 11.7. The molecule has 2 N–H and O–H groups in total. The van der Waals surface area contributed by atoms with Gasteiger partial charge in [-0.25, -0.2) is 4.98 Å². The number of rotatable bonds is 5. The Morgan fingerprint density at radius 1 is 1.13 bits per heavy atom. The molecule has 156 valence electrons. The highest BCUT2D eigenvalue weighted by atomic mass is 79.9. The summed E-state index contributed by atoms with van der Waals surface area (Å²) in [6, 6.07) is 20.5. The average Bonchev–Trinajstić information content (AvgIpc) is 3.17. The van der Waals surface area contributed by atoms with Crippen molar-refractivity contribution in [2.45, 2.75) is 4.90 Å². The number of hydrogen-bond donors (Lipinski definition) is 2. The van der Waals surface area contributed by atoms with E-state index in [1.807, 2.05) is 54.6 Å². The van der Waals surface area contributed by atoms with Crippen LogP contribution < -0.4 is 10.6 Å². The minimum Gasteiger partial charge on any atom is -0.436 e. The molecule has 0 spiro atoms. The Labute approximate surface area is 201 Å². The van der Waals surface area contributed by atoms with E-state index < -0.39 is 0 Å². The molecule has 0 atom stereocenters. The summed E-state index contributed by atoms with van der Waals surface area (Å²) in [5, 5.41) is 6.57. The quantitative estimate of drug-likeness (QED) is 0.225. The summed E-state index contributed by atoms with van der Waals surface area (Å²) in [5.41, 5.74) is 2.93. The van der Waals surface area contributed by atoms with E-state index in [2.05, 4.69) is 31.5 Å². The SMILES string of the molecule is O=C(CSc1ccc(Cl)cc1)NC(=S)Nc1ccc2oc(-c3cccc(Br)c3)nc2c1. The molecule has 5 nitrogen and oxygen atoms in total. The molecule has 1 amide bonds. The van der Waals surface area contributed by atoms with Crippen LogP contribution in [0.4, 0.5) is 5.69 Å². The number of nitrogens with one attached hydrogen (secondary N) is 2. The summed E-state index contributed by atoms with van der Waals surface area (Å²) >= 11 is 16.0. The monoisotopic (exact) mass is 531 g/mol. The Kier molecular flexibility index (Phi) is 6.92. The number of thiocarbonyl (C=S) groups is 1. The number of benzene rings is 3. The van der Waals surface area contributed by atoms with Crippen molar-refractivity contribution in [3.63, 3.8) is 0 Å². The lowest BCUT2D eigenvalue weighted by Gasteiger charge is -2.09. The number of nitrogens with zero attached hydrogens (tertiary/aromatic N) is 1. The molecule has 0 aliphatic heterocycles. The Balaban J connectivity index is 1.36. The van der Waals surface area contributed by atoms with Crippen LogP contribution in [0.15, 0.2) is 80.5 Å². The maximum absolute atomic E-state index is 12.2. The van der Waals surface area contributed by atoms with Gasteiger partial charge in [-0.3, -0.25) is 4.79 Å². The lowest BCUT2D eigenvalue weighted by molar-refractivity contribution is -0.117. The highest BCUT2D eigenvalue weighted by molar-refractivity contribution is 9.10. The second-order valence-corrected chi connectivity index (χ2v) is 9.27. The number of anilines is 1. The molecule has 1 heterocycles. The molecule has 1 aromatic heterocycles. The third-order valence-corrected chi connectivity index (χ3v) is 6.11. The zero-order chi connectivity index (χ0) is 21.8. The fourth-order valence-electron chi connectivity index (χ4n) is 2.75. The number of hydrogen-bond acceptors (Lipinski definition) is 5. The average molecular weight is 533 g/mol. The predicted octanol–water partition coefficient (Wildman–Crippen LogP) is 6.52. The first-order valence-electron chi connectivity index (χ1n) is 9.12. The minimum absolute atomic E-state index is 0.197. The third-order valence-electron chi connectivity index (χ3n) is 4.15. The number of amides is 1. The van der Waals surface area contributed by atoms with Crippen LogP contribution in [-0.2, 0) is 4.79 Å². The van der Waals surface area contributed by atoms with Crippen molar-refractivity contribution in [1.29, 1.82) is 0 Å². The van der Waals surface area contributed by atoms with Crippen LogP contribution in [0.2, 0.25) is 5.02 Å². The van der Waals surface area contributed by atoms with Gasteiger partial charge in [-0.15, -0.1) is 11.8 Å². The number of fused-ring (bicyclic) bond motifs is 1. The van der Waals surface area contributed by atoms with Crippen molar-refractivity contribution >= 4 is 79.3 Å². The summed E-state index contributed by atoms with van der Waals surface area (Å²) in [5.74, 6) is 0.572. The minimum atomic E-state index is -0.197. The largest absolute Gasteiger partial charge is 0.436 e. The topological polar surface area (TPSA) is 67.2 Å². The summed E-state index contributed by atoms with van der Waals surface area (Å²) in [4.78, 5) is 17.7. The summed E-state index contributed by atoms with van der Waals surface area (Å²) in [6.45, 7) is 0. The molecular weight excluding hydrogens is 518 g/mol. The van der Waals surface area contributed by atoms with E-state index in [1.54, 1.807) is 12.1 Å². The molecule has 4 aromatic rings. The second-order valence-electron chi connectivity index (χ2n) is 6.46. The second kappa shape index (κ2) is 9.82. The van der Waals surface area contributed by atoms with Crippen LogP contribution in [-0.4, -0.2) is 21.8 Å². The lowest BCUT2D eigenvalue weighted by Crippen LogP contribution is -2.35. The molecule has 3 aromatic carbocycles. The number of halogens is 2. The van der Waals surface area contributed by atoms with Crippen LogP contribution >= 0.6 is 51.5 Å². The van der Waals surface area contributed by atoms with Gasteiger partial charge in [0.1, 0.15) is 5.52 Å². The fourth-order valence-corrected chi connectivity index (χ4v) is 4.21. The molecule has 0 saturated heterocycles. The number of aromatic nitrogens is 1. The van der Waals surface area contributed by atoms with E-state index in [0.29, 0.717) is 27.7 Å². The summed E-state index contributed by atoms with van der Waals surface area (Å²) in [6.07, 6.45) is 0. The van der Waals surface area contributed by atoms with Crippen molar-refractivity contribution in [2.24, 2.45) is 0 Å². The molecule has 0 aliphatic carbocycles. The van der Waals surface area contributed by atoms with E-state index in [1.165, 1.54) is 11.8 Å². The normalized spacial score (nSPS) is 10.8. The third kappa shape index (κ3) is 5.86. The van der Waals surface area contributed by atoms with Gasteiger partial charge in [0.25, 0.3) is 0 Å². The molecule has 0 saturated carbocycles. The number of thioether (sulfide) groups is 1. The predicted molar refractivity (Wildman–Crippen MR) is 134 cm³/mol. The van der Waals surface area contributed by atoms with E-state index >= 15 is 0 Å². The van der Waals surface area contributed by atoms with E-state index in [4.69, 9.17) is 28.2 Å². The smallest absolute Gasteiger partial charge is 0.236 e. The van der Waals surface area contributed by atoms with Crippen LogP contribution in [0.5, 0.6) is 0 Å². The zero-order valence-electron chi connectivity index (χ0n) is 15.9. The molecule has 0 bridgehead atoms. The van der Waals surface area contributed by atoms with Gasteiger partial charge in [-0.1, -0.05) is 33.6 Å². The maximum atomic E-state index is 12.2. The van der Waals surface area contributed by atoms with Gasteiger partial charge in [0.05, 0.1) is 5.75 Å². The van der Waals surface area contributed by atoms with Crippen LogP contribution in [0.1, 0.15) is 0 Å². The van der Waals surface area contributed by atoms with Crippen molar-refractivity contribution in [3.8, 4) is 11.5 Å². The molecule has 31 heavy (non-hydrogen) atoms. The first kappa shape index (κ1) is 21.8. The fraction of sp³-hybridized carbons (Fsp3) is 0.0455. The van der Waals surface area contributed by atoms with Gasteiger partial charge in [-0.2, -0.15) is 0 Å². The molecule has 9 heteroatoms. The molecule has 0 unspecified atom stereocenters. The zero-order valence-corrected chi connectivity index (χ0v) is 19.9. The van der Waals surface area contributed by atoms with Gasteiger partial charge in [-0.05, 0) is 72.9 Å². The molecule has 0 fully saturated rings. The van der Waals surface area contributed by atoms with Crippen LogP contribution in [0.3, 0.4) is 0 Å².